The Balaban J connectivity index is 0.000000558. The number of carbonyl (C=O) groups excluding carboxylic acids is 4. The summed E-state index contributed by atoms with van der Waals surface area (Å²) in [5.41, 5.74) is 18.4. The van der Waals surface area contributed by atoms with E-state index in [0.717, 1.165) is 59.4 Å². The molecule has 19 nitrogen and oxygen atoms in total. The van der Waals surface area contributed by atoms with Gasteiger partial charge in [0.05, 0.1) is 45.0 Å². The predicted octanol–water partition coefficient (Wildman–Crippen LogP) is 11.0. The molecule has 0 unspecified atom stereocenters. The summed E-state index contributed by atoms with van der Waals surface area (Å²) in [5.74, 6) is 1.39. The molecule has 0 saturated heterocycles. The maximum atomic E-state index is 12.5. The van der Waals surface area contributed by atoms with Crippen LogP contribution in [-0.4, -0.2) is 89.4 Å². The van der Waals surface area contributed by atoms with E-state index in [-0.39, 0.29) is 107 Å². The molecule has 3 amide bonds. The molecule has 3 saturated carbocycles. The van der Waals surface area contributed by atoms with E-state index < -0.39 is 5.24 Å². The summed E-state index contributed by atoms with van der Waals surface area (Å²) in [6, 6.07) is 22.1. The van der Waals surface area contributed by atoms with Crippen molar-refractivity contribution in [3.8, 4) is 0 Å². The monoisotopic (exact) mass is 2020 g/mol. The Morgan fingerprint density at radius 2 is 1.00 bits per heavy atom. The van der Waals surface area contributed by atoms with Crippen molar-refractivity contribution < 1.29 is 63.4 Å². The van der Waals surface area contributed by atoms with E-state index in [1.807, 2.05) is 45.9 Å². The van der Waals surface area contributed by atoms with Crippen molar-refractivity contribution in [3.05, 3.63) is 193 Å². The van der Waals surface area contributed by atoms with Crippen LogP contribution in [0.5, 0.6) is 0 Å². The molecule has 8 N–H and O–H groups in total. The summed E-state index contributed by atoms with van der Waals surface area (Å²) >= 11 is 43.6. The van der Waals surface area contributed by atoms with Gasteiger partial charge in [0.2, 0.25) is 0 Å². The maximum absolute atomic E-state index is 12.5. The van der Waals surface area contributed by atoms with Crippen LogP contribution >= 0.6 is 168 Å². The van der Waals surface area contributed by atoms with Gasteiger partial charge in [0.25, 0.3) is 23.0 Å². The van der Waals surface area contributed by atoms with Gasteiger partial charge in [0.15, 0.2) is 21.3 Å². The minimum atomic E-state index is -0.585. The third-order valence-electron chi connectivity index (χ3n) is 12.2. The summed E-state index contributed by atoms with van der Waals surface area (Å²) in [7, 11) is 0. The fraction of sp³-hybridized carbons (Fsp3) is 0.228. The molecule has 3 radical (unpaired) electrons. The number of nitrogen functional groups attached to an aromatic ring is 1. The minimum Gasteiger partial charge on any atom is -1.00 e. The number of hydrogen-bond acceptors (Lipinski definition) is 16. The van der Waals surface area contributed by atoms with Crippen LogP contribution < -0.4 is 80.4 Å². The molecule has 90 heavy (non-hydrogen) atoms. The van der Waals surface area contributed by atoms with Crippen molar-refractivity contribution in [1.82, 2.24) is 39.9 Å². The Kier molecular flexibility index (Phi) is 40.8. The zero-order valence-corrected chi connectivity index (χ0v) is 68.1. The molecule has 0 spiro atoms. The van der Waals surface area contributed by atoms with E-state index >= 15 is 0 Å². The largest absolute Gasteiger partial charge is 1.00 e. The first kappa shape index (κ1) is 83.9. The van der Waals surface area contributed by atoms with Crippen LogP contribution in [0, 0.1) is 27.7 Å². The Morgan fingerprint density at radius 3 is 1.44 bits per heavy atom. The number of rotatable bonds is 8. The van der Waals surface area contributed by atoms with E-state index in [9.17, 15) is 19.2 Å². The molecule has 473 valence electrons. The second kappa shape index (κ2) is 43.8. The van der Waals surface area contributed by atoms with Gasteiger partial charge in [-0.05, 0) is 173 Å². The topological polar surface area (TPSA) is 275 Å². The Hall–Kier alpha value is -2.18. The molecule has 12 rings (SSSR count). The molecule has 8 aromatic heterocycles. The van der Waals surface area contributed by atoms with E-state index in [4.69, 9.17) is 81.1 Å². The van der Waals surface area contributed by atoms with Crippen LogP contribution in [0.4, 0.5) is 40.2 Å². The summed E-state index contributed by atoms with van der Waals surface area (Å²) in [6.07, 6.45) is 20.0. The second-order valence-corrected chi connectivity index (χ2v) is 37.1. The van der Waals surface area contributed by atoms with Gasteiger partial charge in [0, 0.05) is 113 Å². The average Bonchev–Trinajstić information content (AvgIpc) is 1.84. The third-order valence-corrected chi connectivity index (χ3v) is 13.9. The fourth-order valence-electron chi connectivity index (χ4n) is 7.16. The van der Waals surface area contributed by atoms with E-state index in [0.29, 0.717) is 81.9 Å². The van der Waals surface area contributed by atoms with Crippen LogP contribution in [0.15, 0.2) is 122 Å². The number of halogens is 12. The van der Waals surface area contributed by atoms with Crippen LogP contribution in [0.25, 0.3) is 0 Å². The molecule has 0 bridgehead atoms. The standard InChI is InChI=1S/C15H15ClN4O.C15H14N4O.C12H9Cl2N3O.C6H3Cl2NO.C6H7ClN2.C3H7N.B.I3.I2.HI.Na.H/c1-9-6-8-17-13(16)12(9)20-15(21)11-3-2-7-18-14(11)19-10-4-5-10;1-9-6-8-17-14-12(9)18-15(20)11-3-2-7-16-13(11)19(14)10-4-5-10;1-7-4-6-16-11(14)9(7)17-12(18)8-3-2-5-15-10(8)13;7-5-4(6(8)10)2-1-3-9-5;1-4-2-3-9-6(7)5(4)8;4-3-1-2-3;;1-3-2;1-2;;;/h2-3,6-8,10H,4-5H2,1H3,(H,18,19)(H,20,21);2-3,6-8,10H,4-5H2,1H3,(H,18,20);2-6H,1H3,(H,17,18);1-3H;2-3H,8H2,1H3;3H,1-2,4H2;;;;1H;;/q;;;;;;;-1;;;+1;-1. The maximum Gasteiger partial charge on any atom is 1.00 e. The molecule has 33 heteroatoms. The smallest absolute Gasteiger partial charge is 1.00 e. The number of nitrogens with two attached hydrogens (primary N) is 2. The molecule has 3 aliphatic carbocycles. The van der Waals surface area contributed by atoms with Crippen molar-refractivity contribution in [3.63, 3.8) is 0 Å². The normalized spacial score (nSPS) is 12.5. The zero-order valence-electron chi connectivity index (χ0n) is 49.5. The van der Waals surface area contributed by atoms with Gasteiger partial charge in [-0.1, -0.05) is 58.0 Å². The van der Waals surface area contributed by atoms with Crippen molar-refractivity contribution >= 4 is 240 Å². The number of pyridine rings is 8. The molecule has 9 heterocycles. The first-order valence-electron chi connectivity index (χ1n) is 25.9. The molecule has 8 aromatic rings. The Labute approximate surface area is 648 Å². The molecule has 0 atom stereocenters. The van der Waals surface area contributed by atoms with Gasteiger partial charge in [-0.2, -0.15) is 0 Å². The van der Waals surface area contributed by atoms with Crippen LogP contribution in [0.2, 0.25) is 25.8 Å². The number of carbonyl (C=O) groups is 4. The number of aromatic nitrogens is 8. The summed E-state index contributed by atoms with van der Waals surface area (Å²) in [6.45, 7) is 7.57. The Morgan fingerprint density at radius 1 is 0.589 bits per heavy atom. The van der Waals surface area contributed by atoms with Crippen LogP contribution in [-0.2, 0) is 0 Å². The molecule has 0 aromatic carbocycles. The fourth-order valence-corrected chi connectivity index (χ4v) is 8.49. The van der Waals surface area contributed by atoms with Crippen molar-refractivity contribution in [2.75, 3.05) is 31.9 Å². The number of fused-ring (bicyclic) bond motifs is 2. The van der Waals surface area contributed by atoms with Crippen molar-refractivity contribution in [2.45, 2.75) is 84.3 Å². The number of nitrogens with zero attached hydrogens (tertiary/aromatic N) is 9. The van der Waals surface area contributed by atoms with Gasteiger partial charge in [-0.3, -0.25) is 19.2 Å². The van der Waals surface area contributed by atoms with E-state index in [1.54, 1.807) is 85.7 Å². The number of aryl methyl sites for hydroxylation is 4. The third kappa shape index (κ3) is 27.1. The number of anilines is 7. The average molecular weight is 2020 g/mol. The summed E-state index contributed by atoms with van der Waals surface area (Å²) < 4.78 is 0. The first-order valence-corrected chi connectivity index (χ1v) is 47.0. The Bertz CT molecular complexity index is 3600. The molecular formula is C57H57BCl6I6N15NaO4-. The number of amides is 3. The number of hydrogen-bond donors (Lipinski definition) is 6. The number of nitrogens with one attached hydrogen (secondary N) is 4. The van der Waals surface area contributed by atoms with E-state index in [2.05, 4.69) is 141 Å². The van der Waals surface area contributed by atoms with Crippen molar-refractivity contribution in [2.24, 2.45) is 5.73 Å². The van der Waals surface area contributed by atoms with E-state index in [1.165, 1.54) is 31.3 Å². The SMILES string of the molecule is Cc1ccnc(Cl)c1N.Cc1ccnc(Cl)c1NC(=O)c1cccnc1Cl.Cc1ccnc(Cl)c1NC(=O)c1cccnc1NC1CC1.Cc1ccnc2c1NC(=O)c1cccnc1N2C1CC1.I.II.I[I-]I.NC1CC1.O=C(Cl)c1cccnc1Cl.[B].[H-].[Na+]. The summed E-state index contributed by atoms with van der Waals surface area (Å²) in [5, 5.41) is 12.3. The predicted molar refractivity (Wildman–Crippen MR) is 404 cm³/mol. The first-order chi connectivity index (χ1) is 41.7. The van der Waals surface area contributed by atoms with Gasteiger partial charge in [-0.15, -0.1) is 24.0 Å². The van der Waals surface area contributed by atoms with Gasteiger partial charge in [-0.25, -0.2) is 39.9 Å². The van der Waals surface area contributed by atoms with Gasteiger partial charge in [0.1, 0.15) is 21.9 Å². The quantitative estimate of drug-likeness (QED) is 0.0357. The summed E-state index contributed by atoms with van der Waals surface area (Å²) in [4.78, 5) is 81.8. The van der Waals surface area contributed by atoms with Crippen LogP contribution in [0.3, 0.4) is 0 Å². The van der Waals surface area contributed by atoms with Crippen molar-refractivity contribution in [1.29, 1.82) is 0 Å². The molecular weight excluding hydrogens is 1970 g/mol. The second-order valence-electron chi connectivity index (χ2n) is 18.8. The molecule has 4 aliphatic rings. The molecule has 3 fully saturated rings. The minimum absolute atomic E-state index is 0. The van der Waals surface area contributed by atoms with Gasteiger partial charge >= 0.3 is 80.0 Å². The molecule has 1 aliphatic heterocycles. The zero-order chi connectivity index (χ0) is 63.7. The van der Waals surface area contributed by atoms with Crippen LogP contribution in [0.1, 0.15) is 104 Å². The van der Waals surface area contributed by atoms with Gasteiger partial charge < -0.3 is 39.1 Å².